The van der Waals surface area contributed by atoms with Gasteiger partial charge < -0.3 is 20.2 Å². The zero-order valence-corrected chi connectivity index (χ0v) is 17.4. The number of aromatic nitrogens is 2. The predicted molar refractivity (Wildman–Crippen MR) is 124 cm³/mol. The van der Waals surface area contributed by atoms with Crippen molar-refractivity contribution >= 4 is 50.5 Å². The minimum atomic E-state index is -0.382. The Bertz CT molecular complexity index is 1390. The summed E-state index contributed by atoms with van der Waals surface area (Å²) in [6.45, 7) is 1.08. The van der Waals surface area contributed by atoms with Gasteiger partial charge in [0.1, 0.15) is 0 Å². The van der Waals surface area contributed by atoms with E-state index in [1.165, 1.54) is 0 Å². The molecule has 2 amide bonds. The van der Waals surface area contributed by atoms with Crippen LogP contribution in [0.2, 0.25) is 0 Å². The third kappa shape index (κ3) is 2.93. The van der Waals surface area contributed by atoms with Crippen LogP contribution in [0.4, 0.5) is 5.69 Å². The number of nitrogens with zero attached hydrogens (tertiary/aromatic N) is 2. The highest BCUT2D eigenvalue weighted by Crippen LogP contribution is 2.39. The number of carbonyl (C=O) groups excluding carboxylic acids is 2. The van der Waals surface area contributed by atoms with Crippen LogP contribution in [0.1, 0.15) is 11.1 Å². The lowest BCUT2D eigenvalue weighted by atomic mass is 9.95. The summed E-state index contributed by atoms with van der Waals surface area (Å²) < 4.78 is 2.04. The first-order valence-corrected chi connectivity index (χ1v) is 10.2. The van der Waals surface area contributed by atoms with Crippen LogP contribution < -0.4 is 16.0 Å². The van der Waals surface area contributed by atoms with Crippen LogP contribution in [-0.2, 0) is 16.1 Å². The van der Waals surface area contributed by atoms with Crippen molar-refractivity contribution in [2.24, 2.45) is 5.73 Å². The van der Waals surface area contributed by atoms with Crippen molar-refractivity contribution < 1.29 is 9.59 Å². The van der Waals surface area contributed by atoms with Gasteiger partial charge in [-0.25, -0.2) is 0 Å². The van der Waals surface area contributed by atoms with Gasteiger partial charge in [0.15, 0.2) is 0 Å². The van der Waals surface area contributed by atoms with Crippen LogP contribution in [0.5, 0.6) is 0 Å². The summed E-state index contributed by atoms with van der Waals surface area (Å²) in [6, 6.07) is 13.9. The van der Waals surface area contributed by atoms with Gasteiger partial charge in [-0.3, -0.25) is 14.9 Å². The Morgan fingerprint density at radius 1 is 0.968 bits per heavy atom. The molecule has 0 aliphatic carbocycles. The van der Waals surface area contributed by atoms with Gasteiger partial charge >= 0.3 is 0 Å². The molecule has 3 heterocycles. The number of hydrogen-bond donors (Lipinski definition) is 3. The van der Waals surface area contributed by atoms with Gasteiger partial charge in [0.05, 0.1) is 11.1 Å². The van der Waals surface area contributed by atoms with Gasteiger partial charge in [0, 0.05) is 78.2 Å². The van der Waals surface area contributed by atoms with Gasteiger partial charge in [0.25, 0.3) is 11.8 Å². The molecule has 0 fully saturated rings. The second-order valence-corrected chi connectivity index (χ2v) is 7.90. The number of aromatic amines is 1. The molecule has 0 atom stereocenters. The second-order valence-electron chi connectivity index (χ2n) is 7.90. The summed E-state index contributed by atoms with van der Waals surface area (Å²) in [5.41, 5.74) is 11.0. The van der Waals surface area contributed by atoms with E-state index in [1.54, 1.807) is 6.20 Å². The van der Waals surface area contributed by atoms with Crippen LogP contribution in [-0.4, -0.2) is 42.0 Å². The topological polar surface area (TPSA) is 96.1 Å². The maximum Gasteiger partial charge on any atom is 0.259 e. The molecule has 1 aliphatic heterocycles. The van der Waals surface area contributed by atoms with Gasteiger partial charge in [-0.1, -0.05) is 18.2 Å². The molecule has 4 N–H and O–H groups in total. The van der Waals surface area contributed by atoms with Crippen LogP contribution in [0.3, 0.4) is 0 Å². The number of H-pyrrole nitrogens is 1. The Labute approximate surface area is 179 Å². The molecule has 7 heteroatoms. The lowest BCUT2D eigenvalue weighted by Crippen LogP contribution is -2.22. The van der Waals surface area contributed by atoms with Crippen molar-refractivity contribution in [3.05, 3.63) is 66.0 Å². The highest BCUT2D eigenvalue weighted by atomic mass is 16.2. The molecule has 2 aromatic heterocycles. The quantitative estimate of drug-likeness (QED) is 0.438. The maximum absolute atomic E-state index is 13.0. The molecule has 0 bridgehead atoms. The van der Waals surface area contributed by atoms with Crippen molar-refractivity contribution in [2.45, 2.75) is 6.54 Å². The van der Waals surface area contributed by atoms with E-state index in [0.29, 0.717) is 24.2 Å². The number of nitrogens with one attached hydrogen (secondary N) is 2. The Morgan fingerprint density at radius 3 is 2.45 bits per heavy atom. The van der Waals surface area contributed by atoms with E-state index in [4.69, 9.17) is 5.73 Å². The molecule has 7 nitrogen and oxygen atoms in total. The molecule has 0 saturated carbocycles. The molecule has 0 unspecified atom stereocenters. The number of hydrogen-bond acceptors (Lipinski definition) is 4. The Balaban J connectivity index is 1.83. The van der Waals surface area contributed by atoms with E-state index in [2.05, 4.69) is 10.3 Å². The summed E-state index contributed by atoms with van der Waals surface area (Å²) in [4.78, 5) is 31.1. The zero-order valence-electron chi connectivity index (χ0n) is 17.4. The zero-order chi connectivity index (χ0) is 21.7. The molecule has 2 aromatic carbocycles. The Morgan fingerprint density at radius 2 is 1.71 bits per heavy atom. The van der Waals surface area contributed by atoms with Gasteiger partial charge in [-0.05, 0) is 24.3 Å². The summed E-state index contributed by atoms with van der Waals surface area (Å²) in [6.07, 6.45) is 3.72. The molecule has 0 radical (unpaired) electrons. The fourth-order valence-electron chi connectivity index (χ4n) is 4.33. The van der Waals surface area contributed by atoms with Crippen LogP contribution in [0.15, 0.2) is 54.9 Å². The Kier molecular flexibility index (Phi) is 4.41. The Hall–Kier alpha value is -3.84. The lowest BCUT2D eigenvalue weighted by molar-refractivity contribution is -0.122. The summed E-state index contributed by atoms with van der Waals surface area (Å²) in [5, 5.41) is 4.32. The average Bonchev–Trinajstić information content (AvgIpc) is 3.41. The van der Waals surface area contributed by atoms with Gasteiger partial charge in [-0.15, -0.1) is 0 Å². The first-order chi connectivity index (χ1) is 15.0. The monoisotopic (exact) mass is 413 g/mol. The standard InChI is InChI=1S/C24H23N5O2/c1-28(2)14-7-8-20-16(11-14)18(13-29(20)10-9-25)22-21(23(30)27-24(22)31)17-12-26-19-6-4-3-5-15(17)19/h3-8,11-13,26H,9-10,25H2,1-2H3,(H,27,30,31). The van der Waals surface area contributed by atoms with E-state index in [1.807, 2.05) is 72.2 Å². The first kappa shape index (κ1) is 19.1. The van der Waals surface area contributed by atoms with Crippen LogP contribution in [0, 0.1) is 0 Å². The summed E-state index contributed by atoms with van der Waals surface area (Å²) in [7, 11) is 3.94. The van der Waals surface area contributed by atoms with E-state index in [-0.39, 0.29) is 11.8 Å². The number of rotatable bonds is 5. The fraction of sp³-hybridized carbons (Fsp3) is 0.167. The summed E-state index contributed by atoms with van der Waals surface area (Å²) in [5.74, 6) is -0.763. The smallest absolute Gasteiger partial charge is 0.259 e. The van der Waals surface area contributed by atoms with E-state index >= 15 is 0 Å². The third-order valence-corrected chi connectivity index (χ3v) is 5.81. The third-order valence-electron chi connectivity index (χ3n) is 5.81. The first-order valence-electron chi connectivity index (χ1n) is 10.2. The number of para-hydroxylation sites is 1. The SMILES string of the molecule is CN(C)c1ccc2c(c1)c(C1=C(c3c[nH]c4ccccc34)C(=O)NC1=O)cn2CCN. The summed E-state index contributed by atoms with van der Waals surface area (Å²) >= 11 is 0. The van der Waals surface area contributed by atoms with Crippen LogP contribution in [0.25, 0.3) is 33.0 Å². The number of benzene rings is 2. The van der Waals surface area contributed by atoms with Gasteiger partial charge in [-0.2, -0.15) is 0 Å². The van der Waals surface area contributed by atoms with Gasteiger partial charge in [0.2, 0.25) is 0 Å². The van der Waals surface area contributed by atoms with Crippen molar-refractivity contribution in [2.75, 3.05) is 25.5 Å². The van der Waals surface area contributed by atoms with Crippen molar-refractivity contribution in [3.8, 4) is 0 Å². The number of anilines is 1. The molecule has 5 rings (SSSR count). The molecule has 0 saturated heterocycles. The lowest BCUT2D eigenvalue weighted by Gasteiger charge is -2.13. The molecule has 1 aliphatic rings. The van der Waals surface area contributed by atoms with Crippen molar-refractivity contribution in [1.82, 2.24) is 14.9 Å². The molecule has 31 heavy (non-hydrogen) atoms. The predicted octanol–water partition coefficient (Wildman–Crippen LogP) is 2.71. The highest BCUT2D eigenvalue weighted by Gasteiger charge is 2.35. The van der Waals surface area contributed by atoms with Crippen molar-refractivity contribution in [3.63, 3.8) is 0 Å². The minimum Gasteiger partial charge on any atom is -0.378 e. The fourth-order valence-corrected chi connectivity index (χ4v) is 4.33. The van der Waals surface area contributed by atoms with Crippen molar-refractivity contribution in [1.29, 1.82) is 0 Å². The highest BCUT2D eigenvalue weighted by molar-refractivity contribution is 6.50. The van der Waals surface area contributed by atoms with Crippen LogP contribution >= 0.6 is 0 Å². The number of fused-ring (bicyclic) bond motifs is 2. The largest absolute Gasteiger partial charge is 0.378 e. The maximum atomic E-state index is 13.0. The second kappa shape index (κ2) is 7.14. The van der Waals surface area contributed by atoms with E-state index in [9.17, 15) is 9.59 Å². The average molecular weight is 413 g/mol. The molecular formula is C24H23N5O2. The normalized spacial score (nSPS) is 14.2. The molecule has 4 aromatic rings. The number of amides is 2. The van der Waals surface area contributed by atoms with E-state index < -0.39 is 0 Å². The minimum absolute atomic E-state index is 0.381. The number of imide groups is 1. The number of nitrogens with two attached hydrogens (primary N) is 1. The number of carbonyl (C=O) groups is 2. The molecule has 0 spiro atoms. The van der Waals surface area contributed by atoms with E-state index in [0.717, 1.165) is 38.6 Å². The molecule has 156 valence electrons. The molecular weight excluding hydrogens is 390 g/mol.